The van der Waals surface area contributed by atoms with Gasteiger partial charge in [-0.15, -0.1) is 0 Å². The lowest BCUT2D eigenvalue weighted by molar-refractivity contribution is -0.122. The van der Waals surface area contributed by atoms with Crippen molar-refractivity contribution in [2.75, 3.05) is 18.1 Å². The molecule has 3 aromatic carbocycles. The highest BCUT2D eigenvalue weighted by Crippen LogP contribution is 2.36. The number of imide groups is 2. The number of halogens is 1. The first-order valence-corrected chi connectivity index (χ1v) is 13.2. The molecular weight excluding hydrogens is 599 g/mol. The van der Waals surface area contributed by atoms with Crippen molar-refractivity contribution in [2.24, 2.45) is 0 Å². The number of carbonyl (C=O) groups excluding carboxylic acids is 3. The summed E-state index contributed by atoms with van der Waals surface area (Å²) in [7, 11) is 0. The van der Waals surface area contributed by atoms with Gasteiger partial charge in [0.05, 0.1) is 22.5 Å². The Kier molecular flexibility index (Phi) is 8.67. The van der Waals surface area contributed by atoms with Crippen molar-refractivity contribution in [3.05, 3.63) is 86.5 Å². The molecule has 0 aliphatic carbocycles. The minimum atomic E-state index is -0.814. The number of hydrogen-bond acceptors (Lipinski definition) is 6. The van der Waals surface area contributed by atoms with Crippen LogP contribution in [-0.4, -0.2) is 31.1 Å². The third-order valence-corrected chi connectivity index (χ3v) is 6.46. The monoisotopic (exact) mass is 626 g/mol. The Labute approximate surface area is 234 Å². The molecule has 0 spiro atoms. The minimum Gasteiger partial charge on any atom is -0.494 e. The maximum Gasteiger partial charge on any atom is 0.335 e. The molecule has 0 unspecified atom stereocenters. The van der Waals surface area contributed by atoms with Crippen LogP contribution in [0, 0.1) is 10.5 Å². The Balaban J connectivity index is 1.63. The van der Waals surface area contributed by atoms with E-state index in [4.69, 9.17) is 14.2 Å². The summed E-state index contributed by atoms with van der Waals surface area (Å²) in [6.45, 7) is 6.99. The lowest BCUT2D eigenvalue weighted by atomic mass is 10.1. The van der Waals surface area contributed by atoms with Gasteiger partial charge >= 0.3 is 6.03 Å². The fourth-order valence-electron chi connectivity index (χ4n) is 3.83. The number of benzene rings is 3. The van der Waals surface area contributed by atoms with Crippen LogP contribution in [0.15, 0.2) is 66.2 Å². The van der Waals surface area contributed by atoms with E-state index in [2.05, 4.69) is 27.9 Å². The number of nitrogens with one attached hydrogen (secondary N) is 1. The van der Waals surface area contributed by atoms with Gasteiger partial charge in [0.2, 0.25) is 0 Å². The van der Waals surface area contributed by atoms with Crippen LogP contribution < -0.4 is 24.4 Å². The number of nitrogens with zero attached hydrogens (tertiary/aromatic N) is 1. The van der Waals surface area contributed by atoms with Crippen molar-refractivity contribution in [1.29, 1.82) is 0 Å². The molecule has 1 aliphatic rings. The maximum atomic E-state index is 13.3. The normalized spacial score (nSPS) is 14.5. The predicted octanol–water partition coefficient (Wildman–Crippen LogP) is 5.64. The van der Waals surface area contributed by atoms with Gasteiger partial charge in [-0.2, -0.15) is 0 Å². The van der Waals surface area contributed by atoms with E-state index in [1.165, 1.54) is 11.6 Å². The standard InChI is InChI=1S/C29H27IN2O6/c1-4-36-22-12-10-21(11-13-22)32-28(34)23(27(33)31-29(32)35)14-20-15-24(30)26(25(16-20)37-5-2)38-17-19-8-6-18(3)7-9-19/h6-16H,4-5,17H2,1-3H3,(H,31,33,35)/b23-14-. The van der Waals surface area contributed by atoms with Crippen molar-refractivity contribution < 1.29 is 28.6 Å². The SMILES string of the molecule is CCOc1ccc(N2C(=O)NC(=O)/C(=C/c3cc(I)c(OCc4ccc(C)cc4)c(OCC)c3)C2=O)cc1. The summed E-state index contributed by atoms with van der Waals surface area (Å²) in [6, 6.07) is 17.2. The molecule has 1 saturated heterocycles. The summed E-state index contributed by atoms with van der Waals surface area (Å²) in [4.78, 5) is 39.4. The van der Waals surface area contributed by atoms with Gasteiger partial charge in [-0.05, 0) is 97.0 Å². The zero-order chi connectivity index (χ0) is 27.2. The van der Waals surface area contributed by atoms with Crippen molar-refractivity contribution in [3.63, 3.8) is 0 Å². The molecule has 0 radical (unpaired) electrons. The molecule has 4 rings (SSSR count). The highest BCUT2D eigenvalue weighted by molar-refractivity contribution is 14.1. The summed E-state index contributed by atoms with van der Waals surface area (Å²) in [6.07, 6.45) is 1.44. The second-order valence-corrected chi connectivity index (χ2v) is 9.58. The number of carbonyl (C=O) groups is 3. The fourth-order valence-corrected chi connectivity index (χ4v) is 4.61. The molecule has 4 amide bonds. The number of anilines is 1. The van der Waals surface area contributed by atoms with E-state index in [1.807, 2.05) is 45.0 Å². The van der Waals surface area contributed by atoms with E-state index in [0.717, 1.165) is 14.0 Å². The Bertz CT molecular complexity index is 1380. The molecule has 9 heteroatoms. The lowest BCUT2D eigenvalue weighted by Crippen LogP contribution is -2.54. The zero-order valence-electron chi connectivity index (χ0n) is 21.2. The fraction of sp³-hybridized carbons (Fsp3) is 0.207. The number of hydrogen-bond donors (Lipinski definition) is 1. The topological polar surface area (TPSA) is 94.2 Å². The number of amides is 4. The van der Waals surface area contributed by atoms with Gasteiger partial charge < -0.3 is 14.2 Å². The lowest BCUT2D eigenvalue weighted by Gasteiger charge is -2.26. The molecule has 196 valence electrons. The molecule has 0 saturated carbocycles. The van der Waals surface area contributed by atoms with Gasteiger partial charge in [-0.3, -0.25) is 14.9 Å². The molecule has 0 bridgehead atoms. The van der Waals surface area contributed by atoms with Crippen LogP contribution in [0.1, 0.15) is 30.5 Å². The Morgan fingerprint density at radius 2 is 1.58 bits per heavy atom. The molecule has 0 aromatic heterocycles. The molecule has 1 heterocycles. The van der Waals surface area contributed by atoms with E-state index < -0.39 is 17.8 Å². The van der Waals surface area contributed by atoms with Crippen molar-refractivity contribution in [1.82, 2.24) is 5.32 Å². The quantitative estimate of drug-likeness (QED) is 0.188. The highest BCUT2D eigenvalue weighted by atomic mass is 127. The molecule has 1 fully saturated rings. The summed E-state index contributed by atoms with van der Waals surface area (Å²) in [5.74, 6) is 0.170. The van der Waals surface area contributed by atoms with Crippen LogP contribution in [0.2, 0.25) is 0 Å². The first-order valence-electron chi connectivity index (χ1n) is 12.1. The van der Waals surface area contributed by atoms with Crippen LogP contribution in [0.25, 0.3) is 6.08 Å². The van der Waals surface area contributed by atoms with Crippen molar-refractivity contribution in [2.45, 2.75) is 27.4 Å². The molecule has 38 heavy (non-hydrogen) atoms. The van der Waals surface area contributed by atoms with E-state index in [0.29, 0.717) is 48.3 Å². The van der Waals surface area contributed by atoms with Crippen molar-refractivity contribution >= 4 is 52.2 Å². The summed E-state index contributed by atoms with van der Waals surface area (Å²) in [5, 5.41) is 2.25. The van der Waals surface area contributed by atoms with Gasteiger partial charge in [0.1, 0.15) is 17.9 Å². The predicted molar refractivity (Wildman–Crippen MR) is 152 cm³/mol. The molecular formula is C29H27IN2O6. The van der Waals surface area contributed by atoms with Crippen LogP contribution >= 0.6 is 22.6 Å². The summed E-state index contributed by atoms with van der Waals surface area (Å²) < 4.78 is 18.1. The van der Waals surface area contributed by atoms with Gasteiger partial charge in [0.15, 0.2) is 11.5 Å². The Hall–Kier alpha value is -3.86. The molecule has 0 atom stereocenters. The van der Waals surface area contributed by atoms with E-state index in [-0.39, 0.29) is 5.57 Å². The average Bonchev–Trinajstić information content (AvgIpc) is 2.88. The second kappa shape index (κ2) is 12.1. The smallest absolute Gasteiger partial charge is 0.335 e. The molecule has 1 aliphatic heterocycles. The van der Waals surface area contributed by atoms with Gasteiger partial charge in [-0.1, -0.05) is 29.8 Å². The largest absolute Gasteiger partial charge is 0.494 e. The van der Waals surface area contributed by atoms with E-state index in [9.17, 15) is 14.4 Å². The molecule has 1 N–H and O–H groups in total. The maximum absolute atomic E-state index is 13.3. The number of urea groups is 1. The Morgan fingerprint density at radius 1 is 0.895 bits per heavy atom. The van der Waals surface area contributed by atoms with Gasteiger partial charge in [-0.25, -0.2) is 9.69 Å². The number of ether oxygens (including phenoxy) is 3. The van der Waals surface area contributed by atoms with E-state index >= 15 is 0 Å². The molecule has 3 aromatic rings. The van der Waals surface area contributed by atoms with Crippen LogP contribution in [0.4, 0.5) is 10.5 Å². The van der Waals surface area contributed by atoms with Gasteiger partial charge in [0.25, 0.3) is 11.8 Å². The average molecular weight is 626 g/mol. The van der Waals surface area contributed by atoms with Crippen molar-refractivity contribution in [3.8, 4) is 17.2 Å². The molecule has 8 nitrogen and oxygen atoms in total. The zero-order valence-corrected chi connectivity index (χ0v) is 23.4. The number of rotatable bonds is 9. The van der Waals surface area contributed by atoms with E-state index in [1.54, 1.807) is 36.4 Å². The number of aryl methyl sites for hydroxylation is 1. The Morgan fingerprint density at radius 3 is 2.24 bits per heavy atom. The second-order valence-electron chi connectivity index (χ2n) is 8.42. The third-order valence-electron chi connectivity index (χ3n) is 5.65. The number of barbiturate groups is 1. The third kappa shape index (κ3) is 6.16. The minimum absolute atomic E-state index is 0.176. The van der Waals surface area contributed by atoms with Crippen LogP contribution in [0.5, 0.6) is 17.2 Å². The van der Waals surface area contributed by atoms with Crippen LogP contribution in [-0.2, 0) is 16.2 Å². The summed E-state index contributed by atoms with van der Waals surface area (Å²) >= 11 is 2.13. The van der Waals surface area contributed by atoms with Crippen LogP contribution in [0.3, 0.4) is 0 Å². The summed E-state index contributed by atoms with van der Waals surface area (Å²) in [5.41, 5.74) is 2.88. The first kappa shape index (κ1) is 27.2. The highest BCUT2D eigenvalue weighted by Gasteiger charge is 2.37. The first-order chi connectivity index (χ1) is 18.3. The van der Waals surface area contributed by atoms with Gasteiger partial charge in [0, 0.05) is 0 Å².